The maximum atomic E-state index is 11.3. The Balaban J connectivity index is 3.60. The molecule has 3 unspecified atom stereocenters. The highest BCUT2D eigenvalue weighted by molar-refractivity contribution is 5.73. The highest BCUT2D eigenvalue weighted by Crippen LogP contribution is 2.51. The molecule has 0 bridgehead atoms. The first kappa shape index (κ1) is 24.9. The van der Waals surface area contributed by atoms with Gasteiger partial charge in [0.1, 0.15) is 11.8 Å². The van der Waals surface area contributed by atoms with Crippen molar-refractivity contribution in [3.05, 3.63) is 11.6 Å². The summed E-state index contributed by atoms with van der Waals surface area (Å²) in [5.74, 6) is 1.38. The zero-order chi connectivity index (χ0) is 22.0. The Labute approximate surface area is 174 Å². The van der Waals surface area contributed by atoms with Gasteiger partial charge in [0.25, 0.3) is 0 Å². The van der Waals surface area contributed by atoms with E-state index in [4.69, 9.17) is 24.7 Å². The average Bonchev–Trinajstić information content (AvgIpc) is 2.68. The number of ether oxygens (including phenoxy) is 4. The van der Waals surface area contributed by atoms with E-state index in [1.54, 1.807) is 0 Å². The van der Waals surface area contributed by atoms with E-state index < -0.39 is 12.0 Å². The first-order chi connectivity index (χ1) is 13.9. The number of rotatable bonds is 14. The van der Waals surface area contributed by atoms with Crippen molar-refractivity contribution in [1.82, 2.24) is 0 Å². The number of carbonyl (C=O) groups is 1. The van der Waals surface area contributed by atoms with E-state index in [2.05, 4.69) is 6.92 Å². The van der Waals surface area contributed by atoms with Crippen LogP contribution in [0.15, 0.2) is 6.07 Å². The topological polar surface area (TPSA) is 100 Å². The molecule has 0 aliphatic carbocycles. The molecule has 3 N–H and O–H groups in total. The molecule has 3 atom stereocenters. The van der Waals surface area contributed by atoms with E-state index in [1.807, 2.05) is 40.7 Å². The molecule has 0 fully saturated rings. The van der Waals surface area contributed by atoms with E-state index in [0.29, 0.717) is 55.8 Å². The Morgan fingerprint density at radius 1 is 0.931 bits per heavy atom. The van der Waals surface area contributed by atoms with E-state index in [0.717, 1.165) is 12.0 Å². The van der Waals surface area contributed by atoms with E-state index in [-0.39, 0.29) is 11.8 Å². The van der Waals surface area contributed by atoms with Crippen molar-refractivity contribution in [3.63, 3.8) is 0 Å². The summed E-state index contributed by atoms with van der Waals surface area (Å²) in [4.78, 5) is 11.3. The van der Waals surface area contributed by atoms with Crippen LogP contribution in [0.2, 0.25) is 0 Å². The van der Waals surface area contributed by atoms with Gasteiger partial charge in [-0.05, 0) is 46.0 Å². The van der Waals surface area contributed by atoms with Crippen molar-refractivity contribution < 1.29 is 28.8 Å². The fraction of sp³-hybridized carbons (Fsp3) is 0.682. The van der Waals surface area contributed by atoms with Gasteiger partial charge in [-0.3, -0.25) is 4.79 Å². The minimum atomic E-state index is -0.993. The molecule has 0 aliphatic heterocycles. The lowest BCUT2D eigenvalue weighted by Gasteiger charge is -2.29. The summed E-state index contributed by atoms with van der Waals surface area (Å²) in [6, 6.07) is 0.929. The molecule has 1 rings (SSSR count). The summed E-state index contributed by atoms with van der Waals surface area (Å²) >= 11 is 0. The fourth-order valence-corrected chi connectivity index (χ4v) is 3.53. The highest BCUT2D eigenvalue weighted by atomic mass is 16.5. The molecule has 29 heavy (non-hydrogen) atoms. The zero-order valence-corrected chi connectivity index (χ0v) is 18.6. The first-order valence-electron chi connectivity index (χ1n) is 10.6. The number of benzene rings is 1. The second-order valence-corrected chi connectivity index (χ2v) is 6.81. The number of aliphatic carboxylic acids is 1. The Hall–Kier alpha value is -2.15. The summed E-state index contributed by atoms with van der Waals surface area (Å²) < 4.78 is 23.7. The third-order valence-corrected chi connectivity index (χ3v) is 4.94. The van der Waals surface area contributed by atoms with Gasteiger partial charge in [-0.15, -0.1) is 0 Å². The lowest BCUT2D eigenvalue weighted by molar-refractivity contribution is -0.139. The highest BCUT2D eigenvalue weighted by Gasteiger charge is 2.31. The molecule has 166 valence electrons. The maximum Gasteiger partial charge on any atom is 0.320 e. The van der Waals surface area contributed by atoms with Crippen molar-refractivity contribution in [2.75, 3.05) is 26.4 Å². The predicted octanol–water partition coefficient (Wildman–Crippen LogP) is 4.21. The molecule has 1 aromatic rings. The van der Waals surface area contributed by atoms with Crippen LogP contribution in [0, 0.1) is 5.92 Å². The Bertz CT molecular complexity index is 649. The zero-order valence-electron chi connectivity index (χ0n) is 18.6. The van der Waals surface area contributed by atoms with Crippen molar-refractivity contribution in [3.8, 4) is 23.0 Å². The fourth-order valence-electron chi connectivity index (χ4n) is 3.53. The second kappa shape index (κ2) is 12.4. The van der Waals surface area contributed by atoms with Gasteiger partial charge in [-0.1, -0.05) is 20.3 Å². The van der Waals surface area contributed by atoms with Crippen LogP contribution in [0.5, 0.6) is 23.0 Å². The van der Waals surface area contributed by atoms with Crippen LogP contribution in [-0.2, 0) is 4.79 Å². The standard InChI is InChI=1S/C22H37NO6/c1-7-15(12-16(23)22(24)25)14(6)19-17(26-8-2)13-18(27-9-3)20(28-10-4)21(19)29-11-5/h13-16H,7-12,23H2,1-6H3,(H,24,25). The van der Waals surface area contributed by atoms with E-state index in [9.17, 15) is 9.90 Å². The molecule has 7 nitrogen and oxygen atoms in total. The predicted molar refractivity (Wildman–Crippen MR) is 114 cm³/mol. The van der Waals surface area contributed by atoms with Gasteiger partial charge in [0.15, 0.2) is 11.5 Å². The lowest BCUT2D eigenvalue weighted by atomic mass is 9.80. The molecule has 0 radical (unpaired) electrons. The number of carboxylic acid groups (broad SMARTS) is 1. The average molecular weight is 412 g/mol. The van der Waals surface area contributed by atoms with Crippen molar-refractivity contribution >= 4 is 5.97 Å². The normalized spacial score (nSPS) is 14.0. The molecule has 0 spiro atoms. The minimum absolute atomic E-state index is 0.0342. The Kier molecular flexibility index (Phi) is 10.7. The van der Waals surface area contributed by atoms with Crippen LogP contribution in [0.4, 0.5) is 0 Å². The van der Waals surface area contributed by atoms with Gasteiger partial charge in [0.05, 0.1) is 26.4 Å². The summed E-state index contributed by atoms with van der Waals surface area (Å²) in [6.45, 7) is 13.6. The second-order valence-electron chi connectivity index (χ2n) is 6.81. The molecule has 7 heteroatoms. The lowest BCUT2D eigenvalue weighted by Crippen LogP contribution is -2.33. The number of hydrogen-bond donors (Lipinski definition) is 2. The van der Waals surface area contributed by atoms with Crippen LogP contribution < -0.4 is 24.7 Å². The van der Waals surface area contributed by atoms with Gasteiger partial charge in [0, 0.05) is 11.6 Å². The van der Waals surface area contributed by atoms with Crippen molar-refractivity contribution in [2.45, 2.75) is 66.3 Å². The summed E-state index contributed by atoms with van der Waals surface area (Å²) in [5, 5.41) is 9.26. The molecule has 0 heterocycles. The van der Waals surface area contributed by atoms with Gasteiger partial charge < -0.3 is 29.8 Å². The van der Waals surface area contributed by atoms with Crippen LogP contribution in [0.25, 0.3) is 0 Å². The van der Waals surface area contributed by atoms with Gasteiger partial charge in [0.2, 0.25) is 5.75 Å². The van der Waals surface area contributed by atoms with E-state index in [1.165, 1.54) is 0 Å². The third kappa shape index (κ3) is 6.42. The molecule has 0 saturated heterocycles. The molecular formula is C22H37NO6. The molecule has 0 amide bonds. The number of hydrogen-bond acceptors (Lipinski definition) is 6. The summed E-state index contributed by atoms with van der Waals surface area (Å²) in [6.07, 6.45) is 1.14. The van der Waals surface area contributed by atoms with Crippen molar-refractivity contribution in [1.29, 1.82) is 0 Å². The Morgan fingerprint density at radius 3 is 1.93 bits per heavy atom. The number of carboxylic acids is 1. The summed E-state index contributed by atoms with van der Waals surface area (Å²) in [7, 11) is 0. The largest absolute Gasteiger partial charge is 0.493 e. The van der Waals surface area contributed by atoms with Crippen molar-refractivity contribution in [2.24, 2.45) is 11.7 Å². The molecule has 0 saturated carbocycles. The quantitative estimate of drug-likeness (QED) is 0.473. The summed E-state index contributed by atoms with van der Waals surface area (Å²) in [5.41, 5.74) is 6.70. The SMILES string of the molecule is CCOc1cc(OCC)c(C(C)C(CC)CC(N)C(=O)O)c(OCC)c1OCC. The van der Waals surface area contributed by atoms with Crippen LogP contribution >= 0.6 is 0 Å². The molecule has 1 aromatic carbocycles. The molecule has 0 aliphatic rings. The van der Waals surface area contributed by atoms with Gasteiger partial charge in [-0.25, -0.2) is 0 Å². The van der Waals surface area contributed by atoms with E-state index >= 15 is 0 Å². The third-order valence-electron chi connectivity index (χ3n) is 4.94. The van der Waals surface area contributed by atoms with Crippen LogP contribution in [0.1, 0.15) is 65.9 Å². The minimum Gasteiger partial charge on any atom is -0.493 e. The Morgan fingerprint density at radius 2 is 1.45 bits per heavy atom. The van der Waals surface area contributed by atoms with Crippen LogP contribution in [0.3, 0.4) is 0 Å². The van der Waals surface area contributed by atoms with Crippen LogP contribution in [-0.4, -0.2) is 43.5 Å². The molecular weight excluding hydrogens is 374 g/mol. The first-order valence-corrected chi connectivity index (χ1v) is 10.6. The maximum absolute atomic E-state index is 11.3. The number of nitrogens with two attached hydrogens (primary N) is 1. The monoisotopic (exact) mass is 411 g/mol. The smallest absolute Gasteiger partial charge is 0.320 e. The molecule has 0 aromatic heterocycles. The van der Waals surface area contributed by atoms with Gasteiger partial charge in [-0.2, -0.15) is 0 Å². The van der Waals surface area contributed by atoms with Gasteiger partial charge >= 0.3 is 5.97 Å².